The Morgan fingerprint density at radius 2 is 0.852 bits per heavy atom. The average Bonchev–Trinajstić information content (AvgIpc) is 3.29. The van der Waals surface area contributed by atoms with E-state index < -0.39 is 22.6 Å². The molecule has 2 saturated heterocycles. The van der Waals surface area contributed by atoms with Gasteiger partial charge in [0.05, 0.1) is 31.8 Å². The lowest BCUT2D eigenvalue weighted by Crippen LogP contribution is -2.45. The van der Waals surface area contributed by atoms with E-state index in [4.69, 9.17) is 27.1 Å². The summed E-state index contributed by atoms with van der Waals surface area (Å²) in [5.41, 5.74) is 8.24. The summed E-state index contributed by atoms with van der Waals surface area (Å²) < 4.78 is 38.9. The molecule has 2 aliphatic heterocycles. The smallest absolute Gasteiger partial charge is 0.397 e. The molecule has 5 aromatic rings. The lowest BCUT2D eigenvalue weighted by Gasteiger charge is -2.42. The number of hydrogen-bond donors (Lipinski definition) is 0. The van der Waals surface area contributed by atoms with Crippen molar-refractivity contribution in [2.24, 2.45) is 5.41 Å². The largest absolute Gasteiger partial charge is 0.426 e. The molecule has 0 saturated carbocycles. The molecule has 2 heterocycles. The molecule has 318 valence electrons. The standard InChI is InChI=1S/C53H60O6P2/c1-49(2,39-21-13-9-14-22-39)43-29-31-47(45(33-43)51(5,6)41-25-17-11-18-26-41)58-60-54-35-53(36-55-60)37-56-61(57-38-53)59-48-32-30-44(50(3,4)40-23-15-10-16-24-40)34-46(48)52(7,8)42-27-19-12-20-28-42/h9-15,17-23,25-34H,16,24,35-38H2,1-8H3. The van der Waals surface area contributed by atoms with Crippen LogP contribution in [0.1, 0.15) is 107 Å². The molecule has 0 N–H and O–H groups in total. The highest BCUT2D eigenvalue weighted by Gasteiger charge is 2.46. The van der Waals surface area contributed by atoms with Crippen LogP contribution in [0.25, 0.3) is 0 Å². The third-order valence-electron chi connectivity index (χ3n) is 13.3. The molecule has 3 aliphatic rings. The lowest BCUT2D eigenvalue weighted by atomic mass is 9.71. The molecule has 1 aliphatic carbocycles. The molecule has 8 heteroatoms. The second-order valence-electron chi connectivity index (χ2n) is 18.9. The van der Waals surface area contributed by atoms with Crippen molar-refractivity contribution >= 4 is 17.2 Å². The second-order valence-corrected chi connectivity index (χ2v) is 21.2. The maximum absolute atomic E-state index is 6.68. The normalized spacial score (nSPS) is 21.2. The number of rotatable bonds is 12. The third-order valence-corrected chi connectivity index (χ3v) is 15.4. The Bertz CT molecular complexity index is 2330. The summed E-state index contributed by atoms with van der Waals surface area (Å²) in [7, 11) is -3.32. The van der Waals surface area contributed by atoms with Crippen molar-refractivity contribution in [3.8, 4) is 11.5 Å². The van der Waals surface area contributed by atoms with Gasteiger partial charge in [-0.1, -0.05) is 194 Å². The monoisotopic (exact) mass is 854 g/mol. The van der Waals surface area contributed by atoms with E-state index in [1.54, 1.807) is 0 Å². The zero-order chi connectivity index (χ0) is 42.9. The quantitative estimate of drug-likeness (QED) is 0.117. The zero-order valence-electron chi connectivity index (χ0n) is 36.9. The van der Waals surface area contributed by atoms with Gasteiger partial charge in [-0.2, -0.15) is 0 Å². The molecular formula is C53H60O6P2. The van der Waals surface area contributed by atoms with E-state index >= 15 is 0 Å². The summed E-state index contributed by atoms with van der Waals surface area (Å²) >= 11 is 0. The van der Waals surface area contributed by atoms with Crippen LogP contribution < -0.4 is 9.05 Å². The second kappa shape index (κ2) is 17.6. The molecule has 0 amide bonds. The van der Waals surface area contributed by atoms with Gasteiger partial charge in [0.1, 0.15) is 11.5 Å². The summed E-state index contributed by atoms with van der Waals surface area (Å²) in [5.74, 6) is 1.53. The van der Waals surface area contributed by atoms with Crippen molar-refractivity contribution in [1.82, 2.24) is 0 Å². The van der Waals surface area contributed by atoms with Gasteiger partial charge in [-0.3, -0.25) is 0 Å². The van der Waals surface area contributed by atoms with Crippen LogP contribution in [0.5, 0.6) is 11.5 Å². The van der Waals surface area contributed by atoms with E-state index in [2.05, 4.69) is 201 Å². The fourth-order valence-corrected chi connectivity index (χ4v) is 11.2. The Morgan fingerprint density at radius 1 is 0.459 bits per heavy atom. The minimum absolute atomic E-state index is 0.132. The topological polar surface area (TPSA) is 55.4 Å². The first kappa shape index (κ1) is 43.5. The van der Waals surface area contributed by atoms with Crippen LogP contribution in [0.3, 0.4) is 0 Å². The predicted molar refractivity (Wildman–Crippen MR) is 249 cm³/mol. The molecule has 2 fully saturated rings. The Hall–Kier alpha value is -4.12. The first-order valence-corrected chi connectivity index (χ1v) is 23.7. The average molecular weight is 855 g/mol. The van der Waals surface area contributed by atoms with Gasteiger partial charge < -0.3 is 27.1 Å². The van der Waals surface area contributed by atoms with E-state index in [9.17, 15) is 0 Å². The molecule has 0 radical (unpaired) electrons. The lowest BCUT2D eigenvalue weighted by molar-refractivity contribution is -0.0673. The van der Waals surface area contributed by atoms with Gasteiger partial charge in [-0.25, -0.2) is 0 Å². The Balaban J connectivity index is 0.968. The highest BCUT2D eigenvalue weighted by Crippen LogP contribution is 2.55. The van der Waals surface area contributed by atoms with Crippen LogP contribution in [-0.2, 0) is 39.8 Å². The van der Waals surface area contributed by atoms with Gasteiger partial charge in [-0.15, -0.1) is 0 Å². The molecule has 5 aromatic carbocycles. The maximum atomic E-state index is 6.68. The highest BCUT2D eigenvalue weighted by molar-refractivity contribution is 7.42. The zero-order valence-corrected chi connectivity index (χ0v) is 38.7. The van der Waals surface area contributed by atoms with Crippen molar-refractivity contribution in [1.29, 1.82) is 0 Å². The van der Waals surface area contributed by atoms with E-state index in [1.165, 1.54) is 33.4 Å². The van der Waals surface area contributed by atoms with Crippen molar-refractivity contribution in [3.05, 3.63) is 190 Å². The first-order valence-electron chi connectivity index (χ1n) is 21.5. The molecule has 0 bridgehead atoms. The van der Waals surface area contributed by atoms with Gasteiger partial charge in [0, 0.05) is 32.8 Å². The van der Waals surface area contributed by atoms with Gasteiger partial charge >= 0.3 is 17.2 Å². The Morgan fingerprint density at radius 3 is 1.25 bits per heavy atom. The van der Waals surface area contributed by atoms with Crippen LogP contribution >= 0.6 is 17.2 Å². The summed E-state index contributed by atoms with van der Waals surface area (Å²) in [5, 5.41) is 0. The van der Waals surface area contributed by atoms with E-state index in [0.29, 0.717) is 26.4 Å². The number of benzene rings is 5. The summed E-state index contributed by atoms with van der Waals surface area (Å²) in [6, 6.07) is 45.1. The molecule has 0 atom stereocenters. The van der Waals surface area contributed by atoms with Gasteiger partial charge in [0.25, 0.3) is 0 Å². The van der Waals surface area contributed by atoms with Gasteiger partial charge in [0.2, 0.25) is 0 Å². The van der Waals surface area contributed by atoms with E-state index in [-0.39, 0.29) is 21.7 Å². The number of allylic oxidation sites excluding steroid dienone is 4. The SMILES string of the molecule is CC(C)(C1=CC=CCC1)c1ccc(OP2OCC3(CO2)COP(Oc2ccc(C(C)(C)c4ccccc4)cc2C(C)(C)c2ccccc2)OC3)c(C(C)(C)c2ccccc2)c1. The molecule has 8 rings (SSSR count). The fraction of sp³-hybridized carbons (Fsp3) is 0.358. The van der Waals surface area contributed by atoms with Gasteiger partial charge in [-0.05, 0) is 52.8 Å². The van der Waals surface area contributed by atoms with Crippen LogP contribution in [0.15, 0.2) is 151 Å². The summed E-state index contributed by atoms with van der Waals surface area (Å²) in [6.45, 7) is 19.8. The first-order chi connectivity index (χ1) is 29.2. The summed E-state index contributed by atoms with van der Waals surface area (Å²) in [6.07, 6.45) is 8.84. The summed E-state index contributed by atoms with van der Waals surface area (Å²) in [4.78, 5) is 0. The maximum Gasteiger partial charge on any atom is 0.397 e. The van der Waals surface area contributed by atoms with Crippen LogP contribution in [0.2, 0.25) is 0 Å². The highest BCUT2D eigenvalue weighted by atomic mass is 31.2. The Labute approximate surface area is 366 Å². The van der Waals surface area contributed by atoms with E-state index in [1.807, 2.05) is 0 Å². The van der Waals surface area contributed by atoms with E-state index in [0.717, 1.165) is 35.5 Å². The molecule has 6 nitrogen and oxygen atoms in total. The predicted octanol–water partition coefficient (Wildman–Crippen LogP) is 14.2. The third kappa shape index (κ3) is 9.05. The molecule has 0 unspecified atom stereocenters. The minimum atomic E-state index is -1.67. The minimum Gasteiger partial charge on any atom is -0.426 e. The fourth-order valence-electron chi connectivity index (χ4n) is 8.67. The van der Waals surface area contributed by atoms with Crippen molar-refractivity contribution in [2.45, 2.75) is 89.9 Å². The molecular weight excluding hydrogens is 795 g/mol. The van der Waals surface area contributed by atoms with Crippen LogP contribution in [-0.4, -0.2) is 26.4 Å². The molecule has 61 heavy (non-hydrogen) atoms. The van der Waals surface area contributed by atoms with Crippen molar-refractivity contribution in [3.63, 3.8) is 0 Å². The molecule has 0 aromatic heterocycles. The van der Waals surface area contributed by atoms with Crippen LogP contribution in [0, 0.1) is 5.41 Å². The number of hydrogen-bond acceptors (Lipinski definition) is 6. The molecule has 1 spiro atoms. The van der Waals surface area contributed by atoms with Crippen molar-refractivity contribution < 1.29 is 27.1 Å². The van der Waals surface area contributed by atoms with Gasteiger partial charge in [0.15, 0.2) is 0 Å². The van der Waals surface area contributed by atoms with Crippen LogP contribution in [0.4, 0.5) is 0 Å². The van der Waals surface area contributed by atoms with Crippen molar-refractivity contribution in [2.75, 3.05) is 26.4 Å². The Kier molecular flexibility index (Phi) is 12.5.